The first-order valence-electron chi connectivity index (χ1n) is 8.05. The third kappa shape index (κ3) is 5.48. The van der Waals surface area contributed by atoms with Crippen molar-refractivity contribution in [1.29, 1.82) is 0 Å². The Hall–Kier alpha value is -3.53. The summed E-state index contributed by atoms with van der Waals surface area (Å²) in [6, 6.07) is 11.4. The zero-order valence-corrected chi connectivity index (χ0v) is 15.4. The largest absolute Gasteiger partial charge is 0.439 e. The molecule has 1 aromatic heterocycles. The Balaban J connectivity index is 1.76. The van der Waals surface area contributed by atoms with E-state index < -0.39 is 16.8 Å². The highest BCUT2D eigenvalue weighted by atomic mass is 35.5. The van der Waals surface area contributed by atoms with Crippen LogP contribution in [0.2, 0.25) is 5.02 Å². The fourth-order valence-corrected chi connectivity index (χ4v) is 2.49. The van der Waals surface area contributed by atoms with Gasteiger partial charge in [-0.1, -0.05) is 11.6 Å². The van der Waals surface area contributed by atoms with Gasteiger partial charge in [-0.25, -0.2) is 9.98 Å². The Morgan fingerprint density at radius 1 is 1.07 bits per heavy atom. The molecule has 5 N–H and O–H groups in total. The van der Waals surface area contributed by atoms with Crippen LogP contribution in [0.4, 0.5) is 30.5 Å². The smallest absolute Gasteiger partial charge is 0.417 e. The predicted molar refractivity (Wildman–Crippen MR) is 104 cm³/mol. The van der Waals surface area contributed by atoms with E-state index in [1.807, 2.05) is 0 Å². The van der Waals surface area contributed by atoms with E-state index in [-0.39, 0.29) is 23.5 Å². The molecular formula is C18H14ClF3N6O. The van der Waals surface area contributed by atoms with E-state index in [4.69, 9.17) is 27.8 Å². The second-order valence-electron chi connectivity index (χ2n) is 5.67. The molecule has 0 amide bonds. The minimum Gasteiger partial charge on any atom is -0.439 e. The van der Waals surface area contributed by atoms with Crippen LogP contribution in [0.25, 0.3) is 0 Å². The zero-order valence-electron chi connectivity index (χ0n) is 14.6. The molecule has 0 atom stereocenters. The van der Waals surface area contributed by atoms with Crippen molar-refractivity contribution in [3.05, 3.63) is 65.3 Å². The van der Waals surface area contributed by atoms with Crippen molar-refractivity contribution in [3.8, 4) is 11.6 Å². The average Bonchev–Trinajstić information content (AvgIpc) is 2.64. The predicted octanol–water partition coefficient (Wildman–Crippen LogP) is 4.59. The Morgan fingerprint density at radius 2 is 1.79 bits per heavy atom. The summed E-state index contributed by atoms with van der Waals surface area (Å²) in [6.45, 7) is 0. The minimum absolute atomic E-state index is 0.0510. The summed E-state index contributed by atoms with van der Waals surface area (Å²) in [7, 11) is 0. The van der Waals surface area contributed by atoms with Gasteiger partial charge in [-0.05, 0) is 42.5 Å². The second-order valence-corrected chi connectivity index (χ2v) is 6.08. The molecule has 7 nitrogen and oxygen atoms in total. The maximum atomic E-state index is 13.0. The number of hydrogen-bond acceptors (Lipinski definition) is 5. The van der Waals surface area contributed by atoms with Crippen LogP contribution in [-0.4, -0.2) is 15.9 Å². The van der Waals surface area contributed by atoms with Gasteiger partial charge in [-0.3, -0.25) is 0 Å². The van der Waals surface area contributed by atoms with Gasteiger partial charge in [-0.15, -0.1) is 0 Å². The van der Waals surface area contributed by atoms with E-state index in [0.717, 1.165) is 12.1 Å². The summed E-state index contributed by atoms with van der Waals surface area (Å²) in [5.74, 6) is 0.619. The van der Waals surface area contributed by atoms with Crippen molar-refractivity contribution in [2.45, 2.75) is 6.18 Å². The van der Waals surface area contributed by atoms with Gasteiger partial charge in [0, 0.05) is 18.0 Å². The van der Waals surface area contributed by atoms with Crippen molar-refractivity contribution in [3.63, 3.8) is 0 Å². The van der Waals surface area contributed by atoms with Gasteiger partial charge >= 0.3 is 6.18 Å². The van der Waals surface area contributed by atoms with Crippen LogP contribution in [0, 0.1) is 0 Å². The van der Waals surface area contributed by atoms with Gasteiger partial charge in [0.1, 0.15) is 5.75 Å². The number of benzene rings is 2. The Morgan fingerprint density at radius 3 is 2.45 bits per heavy atom. The molecule has 3 rings (SSSR count). The molecular weight excluding hydrogens is 409 g/mol. The fourth-order valence-electron chi connectivity index (χ4n) is 2.27. The van der Waals surface area contributed by atoms with Gasteiger partial charge in [0.05, 0.1) is 16.3 Å². The molecule has 11 heteroatoms. The minimum atomic E-state index is -4.58. The highest BCUT2D eigenvalue weighted by Gasteiger charge is 2.33. The molecule has 0 fully saturated rings. The number of nitrogens with zero attached hydrogens (tertiary/aromatic N) is 3. The van der Waals surface area contributed by atoms with Crippen LogP contribution in [0.5, 0.6) is 11.6 Å². The molecule has 150 valence electrons. The first-order chi connectivity index (χ1) is 13.7. The summed E-state index contributed by atoms with van der Waals surface area (Å²) in [4.78, 5) is 12.0. The van der Waals surface area contributed by atoms with Gasteiger partial charge in [0.25, 0.3) is 0 Å². The van der Waals surface area contributed by atoms with Crippen LogP contribution < -0.4 is 21.5 Å². The van der Waals surface area contributed by atoms with E-state index in [0.29, 0.717) is 11.4 Å². The molecule has 0 saturated heterocycles. The number of nitrogens with one attached hydrogen (secondary N) is 1. The number of ether oxygens (including phenoxy) is 1. The number of guanidine groups is 1. The number of anilines is 2. The molecule has 0 saturated carbocycles. The van der Waals surface area contributed by atoms with Crippen molar-refractivity contribution >= 4 is 34.9 Å². The molecule has 0 unspecified atom stereocenters. The molecule has 0 aliphatic carbocycles. The number of aliphatic imine (C=N–C) groups is 1. The lowest BCUT2D eigenvalue weighted by atomic mass is 10.2. The SMILES string of the molecule is NC(N)=Nc1ccc(Oc2ccnc(Nc3ccc(Cl)c(C(F)(F)F)c3)n2)cc1. The summed E-state index contributed by atoms with van der Waals surface area (Å²) in [5, 5.41) is 2.30. The highest BCUT2D eigenvalue weighted by molar-refractivity contribution is 6.31. The van der Waals surface area contributed by atoms with E-state index in [1.54, 1.807) is 24.3 Å². The third-order valence-corrected chi connectivity index (χ3v) is 3.80. The fraction of sp³-hybridized carbons (Fsp3) is 0.0556. The van der Waals surface area contributed by atoms with Crippen molar-refractivity contribution in [2.24, 2.45) is 16.5 Å². The van der Waals surface area contributed by atoms with Crippen LogP contribution in [0.3, 0.4) is 0 Å². The molecule has 3 aromatic rings. The lowest BCUT2D eigenvalue weighted by Gasteiger charge is -2.12. The van der Waals surface area contributed by atoms with Gasteiger partial charge in [0.2, 0.25) is 11.8 Å². The maximum Gasteiger partial charge on any atom is 0.417 e. The zero-order chi connectivity index (χ0) is 21.0. The van der Waals surface area contributed by atoms with Crippen LogP contribution in [0.15, 0.2) is 59.7 Å². The van der Waals surface area contributed by atoms with Gasteiger partial charge in [-0.2, -0.15) is 18.2 Å². The second kappa shape index (κ2) is 8.23. The maximum absolute atomic E-state index is 13.0. The molecule has 1 heterocycles. The first-order valence-corrected chi connectivity index (χ1v) is 8.43. The Bertz CT molecular complexity index is 1040. The number of hydrogen-bond donors (Lipinski definition) is 3. The molecule has 29 heavy (non-hydrogen) atoms. The molecule has 0 aliphatic rings. The lowest BCUT2D eigenvalue weighted by Crippen LogP contribution is -2.21. The quantitative estimate of drug-likeness (QED) is 0.409. The topological polar surface area (TPSA) is 111 Å². The van der Waals surface area contributed by atoms with Gasteiger partial charge < -0.3 is 21.5 Å². The summed E-state index contributed by atoms with van der Waals surface area (Å²) >= 11 is 5.62. The summed E-state index contributed by atoms with van der Waals surface area (Å²) in [6.07, 6.45) is -3.18. The number of aromatic nitrogens is 2. The molecule has 0 bridgehead atoms. The summed E-state index contributed by atoms with van der Waals surface area (Å²) in [5.41, 5.74) is 10.3. The van der Waals surface area contributed by atoms with Crippen LogP contribution in [0.1, 0.15) is 5.56 Å². The van der Waals surface area contributed by atoms with Crippen molar-refractivity contribution in [1.82, 2.24) is 9.97 Å². The number of alkyl halides is 3. The molecule has 0 spiro atoms. The summed E-state index contributed by atoms with van der Waals surface area (Å²) < 4.78 is 44.6. The Kier molecular flexibility index (Phi) is 5.74. The molecule has 2 aromatic carbocycles. The number of halogens is 4. The number of rotatable bonds is 5. The normalized spacial score (nSPS) is 11.0. The average molecular weight is 423 g/mol. The van der Waals surface area contributed by atoms with E-state index in [2.05, 4.69) is 20.3 Å². The third-order valence-electron chi connectivity index (χ3n) is 3.48. The van der Waals surface area contributed by atoms with Crippen molar-refractivity contribution in [2.75, 3.05) is 5.32 Å². The van der Waals surface area contributed by atoms with E-state index in [1.165, 1.54) is 18.3 Å². The highest BCUT2D eigenvalue weighted by Crippen LogP contribution is 2.36. The van der Waals surface area contributed by atoms with Gasteiger partial charge in [0.15, 0.2) is 5.96 Å². The van der Waals surface area contributed by atoms with Crippen LogP contribution >= 0.6 is 11.6 Å². The molecule has 0 radical (unpaired) electrons. The van der Waals surface area contributed by atoms with Crippen LogP contribution in [-0.2, 0) is 6.18 Å². The van der Waals surface area contributed by atoms with E-state index in [9.17, 15) is 13.2 Å². The standard InChI is InChI=1S/C18H14ClF3N6O/c19-14-6-3-11(9-13(14)18(20,21)22)27-17-25-8-7-15(28-17)29-12-4-1-10(2-5-12)26-16(23)24/h1-9H,(H4,23,24,26)(H,25,27,28). The number of nitrogens with two attached hydrogens (primary N) is 2. The molecule has 0 aliphatic heterocycles. The lowest BCUT2D eigenvalue weighted by molar-refractivity contribution is -0.137. The van der Waals surface area contributed by atoms with E-state index >= 15 is 0 Å². The first kappa shape index (κ1) is 20.2. The Labute approximate surface area is 168 Å². The monoisotopic (exact) mass is 422 g/mol. The van der Waals surface area contributed by atoms with Crippen molar-refractivity contribution < 1.29 is 17.9 Å².